The summed E-state index contributed by atoms with van der Waals surface area (Å²) in [7, 11) is 4.11. The lowest BCUT2D eigenvalue weighted by Gasteiger charge is -2.08. The molecule has 0 spiro atoms. The summed E-state index contributed by atoms with van der Waals surface area (Å²) in [4.78, 5) is 1.29. The molecule has 0 saturated heterocycles. The largest absolute Gasteiger partial charge is 0.253 e. The molecule has 1 nitrogen and oxygen atoms in total. The summed E-state index contributed by atoms with van der Waals surface area (Å²) in [6.45, 7) is 0. The first-order valence-corrected chi connectivity index (χ1v) is 6.12. The minimum atomic E-state index is 1.03. The van der Waals surface area contributed by atoms with E-state index in [1.165, 1.54) is 10.5 Å². The van der Waals surface area contributed by atoms with Gasteiger partial charge in [-0.1, -0.05) is 28.1 Å². The molecule has 0 aliphatic carbocycles. The van der Waals surface area contributed by atoms with Gasteiger partial charge in [0.05, 0.1) is 0 Å². The summed E-state index contributed by atoms with van der Waals surface area (Å²) in [6, 6.07) is 8.71. The highest BCUT2D eigenvalue weighted by atomic mass is 79.9. The number of aryl methyl sites for hydroxylation is 1. The van der Waals surface area contributed by atoms with Gasteiger partial charge in [0.25, 0.3) is 0 Å². The van der Waals surface area contributed by atoms with E-state index in [-0.39, 0.29) is 0 Å². The lowest BCUT2D eigenvalue weighted by molar-refractivity contribution is 0.702. The van der Waals surface area contributed by atoms with Crippen LogP contribution in [0.2, 0.25) is 0 Å². The van der Waals surface area contributed by atoms with E-state index in [1.54, 1.807) is 11.9 Å². The Labute approximate surface area is 92.8 Å². The Bertz CT molecular complexity index is 246. The van der Waals surface area contributed by atoms with Gasteiger partial charge in [0.1, 0.15) is 0 Å². The van der Waals surface area contributed by atoms with Crippen LogP contribution in [-0.2, 0) is 6.42 Å². The standard InChI is InChI=1S/C10H14BrNS/c1-12(2)13-10-5-3-9(4-6-10)7-8-11/h3-6H,7-8H2,1-2H3. The second kappa shape index (κ2) is 5.68. The van der Waals surface area contributed by atoms with Gasteiger partial charge in [0, 0.05) is 10.2 Å². The third-order valence-corrected chi connectivity index (χ3v) is 2.84. The maximum Gasteiger partial charge on any atom is 0.0230 e. The van der Waals surface area contributed by atoms with E-state index in [4.69, 9.17) is 0 Å². The molecule has 1 aromatic rings. The monoisotopic (exact) mass is 259 g/mol. The summed E-state index contributed by atoms with van der Waals surface area (Å²) in [5.41, 5.74) is 1.39. The van der Waals surface area contributed by atoms with Crippen LogP contribution in [0.25, 0.3) is 0 Å². The second-order valence-corrected chi connectivity index (χ2v) is 5.16. The molecule has 0 N–H and O–H groups in total. The molecule has 3 heteroatoms. The predicted molar refractivity (Wildman–Crippen MR) is 63.5 cm³/mol. The van der Waals surface area contributed by atoms with Crippen molar-refractivity contribution in [1.82, 2.24) is 4.31 Å². The van der Waals surface area contributed by atoms with Gasteiger partial charge >= 0.3 is 0 Å². The van der Waals surface area contributed by atoms with Crippen LogP contribution in [0.15, 0.2) is 29.2 Å². The zero-order chi connectivity index (χ0) is 9.68. The van der Waals surface area contributed by atoms with Crippen molar-refractivity contribution in [2.75, 3.05) is 19.4 Å². The SMILES string of the molecule is CN(C)Sc1ccc(CCBr)cc1. The molecule has 0 saturated carbocycles. The molecule has 0 heterocycles. The smallest absolute Gasteiger partial charge is 0.0230 e. The summed E-state index contributed by atoms with van der Waals surface area (Å²) in [5, 5.41) is 1.03. The molecule has 13 heavy (non-hydrogen) atoms. The van der Waals surface area contributed by atoms with Crippen LogP contribution in [0.3, 0.4) is 0 Å². The van der Waals surface area contributed by atoms with Crippen LogP contribution in [0.1, 0.15) is 5.56 Å². The minimum Gasteiger partial charge on any atom is -0.253 e. The Morgan fingerprint density at radius 2 is 1.85 bits per heavy atom. The molecule has 0 aliphatic rings. The molecular formula is C10H14BrNS. The molecule has 1 rings (SSSR count). The number of alkyl halides is 1. The van der Waals surface area contributed by atoms with Crippen LogP contribution in [-0.4, -0.2) is 23.7 Å². The van der Waals surface area contributed by atoms with E-state index in [1.807, 2.05) is 0 Å². The average molecular weight is 260 g/mol. The van der Waals surface area contributed by atoms with E-state index in [0.717, 1.165) is 11.8 Å². The quantitative estimate of drug-likeness (QED) is 0.604. The van der Waals surface area contributed by atoms with Gasteiger partial charge < -0.3 is 0 Å². The predicted octanol–water partition coefficient (Wildman–Crippen LogP) is 3.19. The molecule has 0 amide bonds. The number of nitrogens with zero attached hydrogens (tertiary/aromatic N) is 1. The lowest BCUT2D eigenvalue weighted by atomic mass is 10.2. The first-order chi connectivity index (χ1) is 6.22. The molecule has 0 atom stereocenters. The van der Waals surface area contributed by atoms with Gasteiger partial charge in [0.2, 0.25) is 0 Å². The van der Waals surface area contributed by atoms with Crippen molar-refractivity contribution < 1.29 is 0 Å². The summed E-state index contributed by atoms with van der Waals surface area (Å²) >= 11 is 5.18. The second-order valence-electron chi connectivity index (χ2n) is 2.99. The first kappa shape index (κ1) is 11.1. The van der Waals surface area contributed by atoms with Crippen LogP contribution < -0.4 is 0 Å². The Morgan fingerprint density at radius 3 is 2.31 bits per heavy atom. The summed E-state index contributed by atoms with van der Waals surface area (Å²) < 4.78 is 2.10. The van der Waals surface area contributed by atoms with Crippen LogP contribution >= 0.6 is 27.9 Å². The average Bonchev–Trinajstić information content (AvgIpc) is 2.08. The van der Waals surface area contributed by atoms with E-state index < -0.39 is 0 Å². The fraction of sp³-hybridized carbons (Fsp3) is 0.400. The van der Waals surface area contributed by atoms with Crippen molar-refractivity contribution in [2.45, 2.75) is 11.3 Å². The molecule has 0 aromatic heterocycles. The zero-order valence-corrected chi connectivity index (χ0v) is 10.4. The number of hydrogen-bond donors (Lipinski definition) is 0. The fourth-order valence-corrected chi connectivity index (χ4v) is 2.17. The van der Waals surface area contributed by atoms with Gasteiger partial charge in [-0.3, -0.25) is 4.31 Å². The lowest BCUT2D eigenvalue weighted by Crippen LogP contribution is -1.98. The Balaban J connectivity index is 2.59. The third-order valence-electron chi connectivity index (χ3n) is 1.59. The van der Waals surface area contributed by atoms with E-state index in [2.05, 4.69) is 58.6 Å². The molecule has 0 unspecified atom stereocenters. The number of benzene rings is 1. The van der Waals surface area contributed by atoms with Gasteiger partial charge in [0.15, 0.2) is 0 Å². The maximum atomic E-state index is 3.43. The minimum absolute atomic E-state index is 1.03. The normalized spacial score (nSPS) is 10.8. The number of halogens is 1. The van der Waals surface area contributed by atoms with E-state index in [0.29, 0.717) is 0 Å². The molecule has 1 aromatic carbocycles. The molecule has 72 valence electrons. The first-order valence-electron chi connectivity index (χ1n) is 4.22. The van der Waals surface area contributed by atoms with Crippen LogP contribution in [0.5, 0.6) is 0 Å². The van der Waals surface area contributed by atoms with Gasteiger partial charge in [-0.05, 0) is 50.2 Å². The topological polar surface area (TPSA) is 3.24 Å². The summed E-state index contributed by atoms with van der Waals surface area (Å²) in [6.07, 6.45) is 1.10. The molecule has 0 aliphatic heterocycles. The fourth-order valence-electron chi connectivity index (χ4n) is 1.04. The number of hydrogen-bond acceptors (Lipinski definition) is 2. The van der Waals surface area contributed by atoms with Crippen LogP contribution in [0.4, 0.5) is 0 Å². The van der Waals surface area contributed by atoms with Crippen molar-refractivity contribution >= 4 is 27.9 Å². The maximum absolute atomic E-state index is 3.43. The highest BCUT2D eigenvalue weighted by Crippen LogP contribution is 2.19. The van der Waals surface area contributed by atoms with Gasteiger partial charge in [-0.2, -0.15) is 0 Å². The summed E-state index contributed by atoms with van der Waals surface area (Å²) in [5.74, 6) is 0. The highest BCUT2D eigenvalue weighted by Gasteiger charge is 1.96. The Hall–Kier alpha value is 0.01000. The van der Waals surface area contributed by atoms with E-state index >= 15 is 0 Å². The Kier molecular flexibility index (Phi) is 4.84. The zero-order valence-electron chi connectivity index (χ0n) is 7.96. The molecule has 0 fully saturated rings. The van der Waals surface area contributed by atoms with Crippen molar-refractivity contribution in [1.29, 1.82) is 0 Å². The van der Waals surface area contributed by atoms with Crippen molar-refractivity contribution in [2.24, 2.45) is 0 Å². The van der Waals surface area contributed by atoms with Crippen molar-refractivity contribution in [3.05, 3.63) is 29.8 Å². The molecule has 0 radical (unpaired) electrons. The van der Waals surface area contributed by atoms with Gasteiger partial charge in [-0.25, -0.2) is 0 Å². The molecule has 0 bridgehead atoms. The van der Waals surface area contributed by atoms with Crippen molar-refractivity contribution in [3.63, 3.8) is 0 Å². The number of rotatable bonds is 4. The van der Waals surface area contributed by atoms with Crippen molar-refractivity contribution in [3.8, 4) is 0 Å². The molecular weight excluding hydrogens is 246 g/mol. The third kappa shape index (κ3) is 4.16. The van der Waals surface area contributed by atoms with Crippen LogP contribution in [0, 0.1) is 0 Å². The Morgan fingerprint density at radius 1 is 1.23 bits per heavy atom. The highest BCUT2D eigenvalue weighted by molar-refractivity contribution is 9.09. The van der Waals surface area contributed by atoms with Gasteiger partial charge in [-0.15, -0.1) is 0 Å². The van der Waals surface area contributed by atoms with E-state index in [9.17, 15) is 0 Å².